The molecule has 1 amide bonds. The largest absolute Gasteiger partial charge is 0.465 e. The summed E-state index contributed by atoms with van der Waals surface area (Å²) in [6.45, 7) is 2.88. The number of carbonyl (C=O) groups excluding carboxylic acids is 3. The van der Waals surface area contributed by atoms with Crippen LogP contribution in [0.4, 0.5) is 0 Å². The van der Waals surface area contributed by atoms with Crippen LogP contribution in [0.15, 0.2) is 41.8 Å². The van der Waals surface area contributed by atoms with Crippen LogP contribution in [0.5, 0.6) is 0 Å². The first-order valence-corrected chi connectivity index (χ1v) is 9.23. The van der Waals surface area contributed by atoms with Gasteiger partial charge in [-0.2, -0.15) is 0 Å². The van der Waals surface area contributed by atoms with Gasteiger partial charge in [0, 0.05) is 31.7 Å². The highest BCUT2D eigenvalue weighted by atomic mass is 32.1. The average molecular weight is 372 g/mol. The standard InChI is InChI=1S/C19H20N2O4S/c1-25-19(24)15-6-4-14(5-7-15)18(23)21-10-8-20(9-11-21)13-16(22)17-3-2-12-26-17/h2-7,12H,8-11,13H2,1H3. The van der Waals surface area contributed by atoms with E-state index in [0.29, 0.717) is 43.9 Å². The van der Waals surface area contributed by atoms with Crippen LogP contribution in [-0.2, 0) is 4.74 Å². The van der Waals surface area contributed by atoms with Crippen LogP contribution in [0, 0.1) is 0 Å². The Morgan fingerprint density at radius 1 is 1.00 bits per heavy atom. The smallest absolute Gasteiger partial charge is 0.337 e. The summed E-state index contributed by atoms with van der Waals surface area (Å²) >= 11 is 1.45. The Labute approximate surface area is 156 Å². The summed E-state index contributed by atoms with van der Waals surface area (Å²) in [6, 6.07) is 10.2. The van der Waals surface area contributed by atoms with E-state index in [-0.39, 0.29) is 11.7 Å². The Morgan fingerprint density at radius 2 is 1.65 bits per heavy atom. The van der Waals surface area contributed by atoms with Crippen molar-refractivity contribution in [1.29, 1.82) is 0 Å². The summed E-state index contributed by atoms with van der Waals surface area (Å²) in [7, 11) is 1.32. The van der Waals surface area contributed by atoms with Crippen LogP contribution in [-0.4, -0.2) is 67.3 Å². The highest BCUT2D eigenvalue weighted by Gasteiger charge is 2.24. The van der Waals surface area contributed by atoms with Crippen LogP contribution < -0.4 is 0 Å². The lowest BCUT2D eigenvalue weighted by Crippen LogP contribution is -2.49. The summed E-state index contributed by atoms with van der Waals surface area (Å²) in [5.74, 6) is -0.364. The number of ketones is 1. The van der Waals surface area contributed by atoms with Gasteiger partial charge in [-0.15, -0.1) is 11.3 Å². The van der Waals surface area contributed by atoms with E-state index in [1.54, 1.807) is 29.2 Å². The summed E-state index contributed by atoms with van der Waals surface area (Å²) in [5, 5.41) is 1.90. The maximum absolute atomic E-state index is 12.6. The van der Waals surface area contributed by atoms with Crippen molar-refractivity contribution in [3.8, 4) is 0 Å². The molecular weight excluding hydrogens is 352 g/mol. The average Bonchev–Trinajstić information content (AvgIpc) is 3.22. The van der Waals surface area contributed by atoms with E-state index in [9.17, 15) is 14.4 Å². The van der Waals surface area contributed by atoms with Crippen LogP contribution >= 0.6 is 11.3 Å². The molecule has 1 aromatic heterocycles. The van der Waals surface area contributed by atoms with Crippen molar-refractivity contribution in [1.82, 2.24) is 9.80 Å². The van der Waals surface area contributed by atoms with Crippen LogP contribution in [0.2, 0.25) is 0 Å². The Kier molecular flexibility index (Phi) is 5.80. The van der Waals surface area contributed by atoms with Gasteiger partial charge in [0.2, 0.25) is 0 Å². The molecule has 136 valence electrons. The molecule has 1 saturated heterocycles. The number of ether oxygens (including phenoxy) is 1. The number of hydrogen-bond acceptors (Lipinski definition) is 6. The molecule has 0 bridgehead atoms. The number of amides is 1. The number of esters is 1. The number of methoxy groups -OCH3 is 1. The molecule has 0 unspecified atom stereocenters. The molecule has 0 aliphatic carbocycles. The topological polar surface area (TPSA) is 66.9 Å². The summed E-state index contributed by atoms with van der Waals surface area (Å²) < 4.78 is 4.66. The summed E-state index contributed by atoms with van der Waals surface area (Å²) in [5.41, 5.74) is 0.960. The van der Waals surface area contributed by atoms with E-state index >= 15 is 0 Å². The summed E-state index contributed by atoms with van der Waals surface area (Å²) in [6.07, 6.45) is 0. The highest BCUT2D eigenvalue weighted by Crippen LogP contribution is 2.13. The number of Topliss-reactive ketones (excluding diaryl/α,β-unsaturated/α-hetero) is 1. The Morgan fingerprint density at radius 3 is 2.23 bits per heavy atom. The Balaban J connectivity index is 1.53. The fraction of sp³-hybridized carbons (Fsp3) is 0.316. The van der Waals surface area contributed by atoms with Crippen molar-refractivity contribution in [3.63, 3.8) is 0 Å². The Hall–Kier alpha value is -2.51. The van der Waals surface area contributed by atoms with Gasteiger partial charge in [0.05, 0.1) is 24.1 Å². The van der Waals surface area contributed by atoms with E-state index in [0.717, 1.165) is 4.88 Å². The molecule has 26 heavy (non-hydrogen) atoms. The lowest BCUT2D eigenvalue weighted by molar-refractivity contribution is 0.0594. The molecule has 7 heteroatoms. The predicted molar refractivity (Wildman–Crippen MR) is 98.8 cm³/mol. The zero-order valence-electron chi connectivity index (χ0n) is 14.5. The summed E-state index contributed by atoms with van der Waals surface area (Å²) in [4.78, 5) is 40.8. The van der Waals surface area contributed by atoms with Crippen molar-refractivity contribution < 1.29 is 19.1 Å². The molecule has 0 spiro atoms. The minimum atomic E-state index is -0.423. The van der Waals surface area contributed by atoms with E-state index in [1.807, 2.05) is 17.5 Å². The molecule has 1 aliphatic heterocycles. The molecule has 1 aliphatic rings. The van der Waals surface area contributed by atoms with Gasteiger partial charge < -0.3 is 9.64 Å². The molecule has 0 atom stereocenters. The second-order valence-electron chi connectivity index (χ2n) is 6.04. The molecule has 1 aromatic carbocycles. The fourth-order valence-electron chi connectivity index (χ4n) is 2.88. The number of piperazine rings is 1. The minimum Gasteiger partial charge on any atom is -0.465 e. The third-order valence-corrected chi connectivity index (χ3v) is 5.29. The molecule has 6 nitrogen and oxygen atoms in total. The van der Waals surface area contributed by atoms with Crippen molar-refractivity contribution in [2.45, 2.75) is 0 Å². The van der Waals surface area contributed by atoms with Gasteiger partial charge in [-0.05, 0) is 35.7 Å². The maximum atomic E-state index is 12.6. The molecule has 0 saturated carbocycles. The first kappa shape index (κ1) is 18.3. The van der Waals surface area contributed by atoms with Crippen LogP contribution in [0.1, 0.15) is 30.4 Å². The van der Waals surface area contributed by atoms with Crippen molar-refractivity contribution in [2.75, 3.05) is 39.8 Å². The number of thiophene rings is 1. The monoisotopic (exact) mass is 372 g/mol. The van der Waals surface area contributed by atoms with Gasteiger partial charge in [0.1, 0.15) is 0 Å². The zero-order valence-corrected chi connectivity index (χ0v) is 15.3. The van der Waals surface area contributed by atoms with E-state index in [1.165, 1.54) is 18.4 Å². The van der Waals surface area contributed by atoms with E-state index < -0.39 is 5.97 Å². The maximum Gasteiger partial charge on any atom is 0.337 e. The molecular formula is C19H20N2O4S. The second kappa shape index (κ2) is 8.25. The van der Waals surface area contributed by atoms with Gasteiger partial charge in [-0.25, -0.2) is 4.79 Å². The van der Waals surface area contributed by atoms with Crippen molar-refractivity contribution in [2.24, 2.45) is 0 Å². The van der Waals surface area contributed by atoms with E-state index in [2.05, 4.69) is 9.64 Å². The highest BCUT2D eigenvalue weighted by molar-refractivity contribution is 7.12. The van der Waals surface area contributed by atoms with E-state index in [4.69, 9.17) is 0 Å². The zero-order chi connectivity index (χ0) is 18.5. The Bertz CT molecular complexity index is 778. The molecule has 2 heterocycles. The fourth-order valence-corrected chi connectivity index (χ4v) is 3.53. The molecule has 1 fully saturated rings. The molecule has 0 radical (unpaired) electrons. The van der Waals surface area contributed by atoms with Crippen molar-refractivity contribution >= 4 is 29.0 Å². The third-order valence-electron chi connectivity index (χ3n) is 4.38. The lowest BCUT2D eigenvalue weighted by Gasteiger charge is -2.34. The first-order chi connectivity index (χ1) is 12.6. The quantitative estimate of drug-likeness (QED) is 0.594. The van der Waals surface area contributed by atoms with Gasteiger partial charge in [0.15, 0.2) is 5.78 Å². The van der Waals surface area contributed by atoms with Crippen LogP contribution in [0.25, 0.3) is 0 Å². The second-order valence-corrected chi connectivity index (χ2v) is 6.99. The number of hydrogen-bond donors (Lipinski definition) is 0. The first-order valence-electron chi connectivity index (χ1n) is 8.35. The number of nitrogens with zero attached hydrogens (tertiary/aromatic N) is 2. The van der Waals surface area contributed by atoms with Crippen molar-refractivity contribution in [3.05, 3.63) is 57.8 Å². The number of benzene rings is 1. The molecule has 0 N–H and O–H groups in total. The third kappa shape index (κ3) is 4.17. The molecule has 2 aromatic rings. The van der Waals surface area contributed by atoms with Gasteiger partial charge in [-0.3, -0.25) is 14.5 Å². The molecule has 3 rings (SSSR count). The van der Waals surface area contributed by atoms with Crippen LogP contribution in [0.3, 0.4) is 0 Å². The number of carbonyl (C=O) groups is 3. The number of rotatable bonds is 5. The lowest BCUT2D eigenvalue weighted by atomic mass is 10.1. The predicted octanol–water partition coefficient (Wildman–Crippen LogP) is 2.18. The normalized spacial score (nSPS) is 14.9. The van der Waals surface area contributed by atoms with Gasteiger partial charge in [-0.1, -0.05) is 6.07 Å². The SMILES string of the molecule is COC(=O)c1ccc(C(=O)N2CCN(CC(=O)c3cccs3)CC2)cc1. The minimum absolute atomic E-state index is 0.0642. The van der Waals surface area contributed by atoms with Gasteiger partial charge >= 0.3 is 5.97 Å². The van der Waals surface area contributed by atoms with Gasteiger partial charge in [0.25, 0.3) is 5.91 Å².